The number of benzene rings is 3. The van der Waals surface area contributed by atoms with Crippen LogP contribution in [0.2, 0.25) is 10.0 Å². The van der Waals surface area contributed by atoms with Gasteiger partial charge >= 0.3 is 12.1 Å². The first-order chi connectivity index (χ1) is 20.0. The standard InChI is InChI=1S/C30H22Cl2F3N3O4/c1-3-41-27(40)28(30(33,34)35)24-17(2)36-38(21-12-9-19(31)10-13-21)25(24)42-29(28)22-15-20(32)11-14-23(22)37(26(29)39)16-18-7-5-4-6-8-18/h4-15H,3,16H2,1-2H3/t28-,29-/m0/s1. The molecule has 1 aromatic heterocycles. The van der Waals surface area contributed by atoms with Gasteiger partial charge in [0.05, 0.1) is 35.8 Å². The molecule has 12 heteroatoms. The molecule has 42 heavy (non-hydrogen) atoms. The highest BCUT2D eigenvalue weighted by Crippen LogP contribution is 2.67. The van der Waals surface area contributed by atoms with Gasteiger partial charge in [-0.3, -0.25) is 9.59 Å². The lowest BCUT2D eigenvalue weighted by Crippen LogP contribution is -2.66. The van der Waals surface area contributed by atoms with Crippen LogP contribution in [-0.4, -0.2) is 34.4 Å². The second kappa shape index (κ2) is 9.78. The number of hydrogen-bond donors (Lipinski definition) is 0. The van der Waals surface area contributed by atoms with Gasteiger partial charge in [0, 0.05) is 15.6 Å². The number of carbonyl (C=O) groups is 2. The topological polar surface area (TPSA) is 73.7 Å². The number of alkyl halides is 3. The summed E-state index contributed by atoms with van der Waals surface area (Å²) in [4.78, 5) is 29.7. The van der Waals surface area contributed by atoms with Crippen molar-refractivity contribution in [1.29, 1.82) is 0 Å². The van der Waals surface area contributed by atoms with E-state index in [0.717, 1.165) is 4.68 Å². The monoisotopic (exact) mass is 615 g/mol. The fraction of sp³-hybridized carbons (Fsp3) is 0.233. The van der Waals surface area contributed by atoms with Gasteiger partial charge in [0.25, 0.3) is 5.91 Å². The number of anilines is 1. The number of nitrogens with zero attached hydrogens (tertiary/aromatic N) is 3. The van der Waals surface area contributed by atoms with Gasteiger partial charge in [0.15, 0.2) is 0 Å². The van der Waals surface area contributed by atoms with Crippen molar-refractivity contribution in [1.82, 2.24) is 9.78 Å². The van der Waals surface area contributed by atoms with Crippen LogP contribution in [0.5, 0.6) is 5.88 Å². The third-order valence-corrected chi connectivity index (χ3v) is 8.09. The van der Waals surface area contributed by atoms with Crippen molar-refractivity contribution in [2.45, 2.75) is 37.6 Å². The lowest BCUT2D eigenvalue weighted by atomic mass is 9.65. The highest BCUT2D eigenvalue weighted by Gasteiger charge is 2.85. The van der Waals surface area contributed by atoms with Gasteiger partial charge in [0.2, 0.25) is 16.9 Å². The zero-order valence-corrected chi connectivity index (χ0v) is 23.7. The predicted molar refractivity (Wildman–Crippen MR) is 149 cm³/mol. The van der Waals surface area contributed by atoms with Crippen molar-refractivity contribution >= 4 is 40.8 Å². The van der Waals surface area contributed by atoms with E-state index in [-0.39, 0.29) is 35.1 Å². The number of aromatic nitrogens is 2. The van der Waals surface area contributed by atoms with Crippen LogP contribution in [0.4, 0.5) is 18.9 Å². The summed E-state index contributed by atoms with van der Waals surface area (Å²) in [7, 11) is 0. The van der Waals surface area contributed by atoms with Crippen LogP contribution in [-0.2, 0) is 31.9 Å². The molecule has 0 N–H and O–H groups in total. The van der Waals surface area contributed by atoms with Crippen LogP contribution < -0.4 is 9.64 Å². The van der Waals surface area contributed by atoms with Gasteiger partial charge in [-0.05, 0) is 61.9 Å². The number of fused-ring (bicyclic) bond motifs is 3. The average molecular weight is 616 g/mol. The fourth-order valence-corrected chi connectivity index (χ4v) is 6.25. The highest BCUT2D eigenvalue weighted by molar-refractivity contribution is 6.31. The van der Waals surface area contributed by atoms with Crippen LogP contribution in [0.1, 0.15) is 29.3 Å². The lowest BCUT2D eigenvalue weighted by molar-refractivity contribution is -0.237. The minimum absolute atomic E-state index is 0.0537. The SMILES string of the molecule is CCOC(=O)[C@@]1(C(F)(F)F)c2c(C)nn(-c3ccc(Cl)cc3)c2O[C@@]12C(=O)N(Cc1ccccc1)c1ccc(Cl)cc12. The summed E-state index contributed by atoms with van der Waals surface area (Å²) in [6.45, 7) is 2.25. The molecule has 3 aromatic carbocycles. The van der Waals surface area contributed by atoms with Crippen LogP contribution in [0.15, 0.2) is 72.8 Å². The zero-order chi connectivity index (χ0) is 30.0. The molecule has 2 atom stereocenters. The number of carbonyl (C=O) groups excluding carboxylic acids is 2. The number of esters is 1. The van der Waals surface area contributed by atoms with Crippen molar-refractivity contribution in [2.75, 3.05) is 11.5 Å². The van der Waals surface area contributed by atoms with Crippen LogP contribution in [0, 0.1) is 6.92 Å². The third kappa shape index (κ3) is 3.71. The minimum atomic E-state index is -5.39. The Labute approximate surface area is 248 Å². The van der Waals surface area contributed by atoms with E-state index in [9.17, 15) is 9.59 Å². The molecule has 7 nitrogen and oxygen atoms in total. The van der Waals surface area contributed by atoms with Crippen molar-refractivity contribution in [3.05, 3.63) is 105 Å². The number of amides is 1. The quantitative estimate of drug-likeness (QED) is 0.234. The van der Waals surface area contributed by atoms with Crippen molar-refractivity contribution in [2.24, 2.45) is 0 Å². The van der Waals surface area contributed by atoms with E-state index in [1.807, 2.05) is 0 Å². The number of ether oxygens (including phenoxy) is 2. The lowest BCUT2D eigenvalue weighted by Gasteiger charge is -2.40. The molecule has 1 amide bonds. The minimum Gasteiger partial charge on any atom is -0.465 e. The largest absolute Gasteiger partial charge is 0.465 e. The summed E-state index contributed by atoms with van der Waals surface area (Å²) in [6, 6.07) is 19.0. The van der Waals surface area contributed by atoms with Gasteiger partial charge in [-0.25, -0.2) is 4.68 Å². The van der Waals surface area contributed by atoms with Crippen LogP contribution >= 0.6 is 23.2 Å². The molecule has 2 aliphatic heterocycles. The number of hydrogen-bond acceptors (Lipinski definition) is 5. The van der Waals surface area contributed by atoms with Crippen LogP contribution in [0.25, 0.3) is 5.69 Å². The molecule has 4 aromatic rings. The molecule has 0 saturated heterocycles. The fourth-order valence-electron chi connectivity index (χ4n) is 5.95. The Bertz CT molecular complexity index is 1730. The molecule has 2 aliphatic rings. The smallest absolute Gasteiger partial charge is 0.414 e. The zero-order valence-electron chi connectivity index (χ0n) is 22.2. The van der Waals surface area contributed by atoms with Gasteiger partial charge in [-0.15, -0.1) is 0 Å². The molecule has 1 spiro atoms. The first-order valence-electron chi connectivity index (χ1n) is 12.9. The molecule has 216 valence electrons. The highest BCUT2D eigenvalue weighted by atomic mass is 35.5. The molecule has 0 unspecified atom stereocenters. The molecular weight excluding hydrogens is 594 g/mol. The van der Waals surface area contributed by atoms with Crippen LogP contribution in [0.3, 0.4) is 0 Å². The molecule has 0 fully saturated rings. The van der Waals surface area contributed by atoms with Crippen molar-refractivity contribution in [3.63, 3.8) is 0 Å². The van der Waals surface area contributed by atoms with Crippen molar-refractivity contribution < 1.29 is 32.2 Å². The second-order valence-electron chi connectivity index (χ2n) is 9.94. The average Bonchev–Trinajstić information content (AvgIpc) is 3.53. The van der Waals surface area contributed by atoms with E-state index >= 15 is 13.2 Å². The van der Waals surface area contributed by atoms with E-state index in [4.69, 9.17) is 32.7 Å². The number of halogens is 5. The molecule has 3 heterocycles. The van der Waals surface area contributed by atoms with E-state index < -0.39 is 40.5 Å². The van der Waals surface area contributed by atoms with E-state index in [1.165, 1.54) is 61.2 Å². The summed E-state index contributed by atoms with van der Waals surface area (Å²) in [6.07, 6.45) is -5.39. The summed E-state index contributed by atoms with van der Waals surface area (Å²) < 4.78 is 60.2. The Morgan fingerprint density at radius 1 is 1.02 bits per heavy atom. The molecule has 0 radical (unpaired) electrons. The van der Waals surface area contributed by atoms with Crippen molar-refractivity contribution in [3.8, 4) is 11.6 Å². The summed E-state index contributed by atoms with van der Waals surface area (Å²) >= 11 is 12.4. The third-order valence-electron chi connectivity index (χ3n) is 7.61. The van der Waals surface area contributed by atoms with Gasteiger partial charge in [-0.2, -0.15) is 18.3 Å². The summed E-state index contributed by atoms with van der Waals surface area (Å²) in [5.74, 6) is -3.19. The Kier molecular flexibility index (Phi) is 6.54. The number of aryl methyl sites for hydroxylation is 1. The summed E-state index contributed by atoms with van der Waals surface area (Å²) in [5.41, 5.74) is -6.47. The van der Waals surface area contributed by atoms with E-state index in [1.54, 1.807) is 30.3 Å². The van der Waals surface area contributed by atoms with Gasteiger partial charge in [-0.1, -0.05) is 53.5 Å². The maximum Gasteiger partial charge on any atom is 0.414 e. The molecule has 0 aliphatic carbocycles. The first-order valence-corrected chi connectivity index (χ1v) is 13.7. The molecule has 0 bridgehead atoms. The Morgan fingerprint density at radius 3 is 2.33 bits per heavy atom. The second-order valence-corrected chi connectivity index (χ2v) is 10.8. The molecule has 6 rings (SSSR count). The molecular formula is C30H22Cl2F3N3O4. The van der Waals surface area contributed by atoms with E-state index in [2.05, 4.69) is 5.10 Å². The Balaban J connectivity index is 1.70. The Hall–Kier alpha value is -4.02. The maximum absolute atomic E-state index is 15.9. The summed E-state index contributed by atoms with van der Waals surface area (Å²) in [5, 5.41) is 4.75. The van der Waals surface area contributed by atoms with Gasteiger partial charge < -0.3 is 14.4 Å². The normalized spacial score (nSPS) is 20.9. The predicted octanol–water partition coefficient (Wildman–Crippen LogP) is 6.69. The van der Waals surface area contributed by atoms with E-state index in [0.29, 0.717) is 16.3 Å². The Morgan fingerprint density at radius 2 is 1.69 bits per heavy atom. The number of rotatable bonds is 5. The maximum atomic E-state index is 15.9. The van der Waals surface area contributed by atoms with Gasteiger partial charge in [0.1, 0.15) is 0 Å². The molecule has 0 saturated carbocycles. The first kappa shape index (κ1) is 28.1.